The van der Waals surface area contributed by atoms with Gasteiger partial charge in [0.15, 0.2) is 0 Å². The van der Waals surface area contributed by atoms with Gasteiger partial charge in [-0.15, -0.1) is 0 Å². The Bertz CT molecular complexity index is 523. The molecule has 102 valence electrons. The van der Waals surface area contributed by atoms with Gasteiger partial charge in [-0.2, -0.15) is 0 Å². The van der Waals surface area contributed by atoms with E-state index < -0.39 is 0 Å². The number of nitrogens with two attached hydrogens (primary N) is 2. The molecule has 0 unspecified atom stereocenters. The normalized spacial score (nSPS) is 22.2. The zero-order valence-electron chi connectivity index (χ0n) is 13.7. The van der Waals surface area contributed by atoms with Crippen LogP contribution in [0.3, 0.4) is 0 Å². The van der Waals surface area contributed by atoms with Crippen LogP contribution in [0, 0.1) is 5.41 Å². The fraction of sp³-hybridized carbons (Fsp3) is 0.600. The summed E-state index contributed by atoms with van der Waals surface area (Å²) in [5, 5.41) is 0. The topological polar surface area (TPSA) is 52.0 Å². The molecule has 0 spiro atoms. The highest BCUT2D eigenvalue weighted by Gasteiger charge is 2.58. The minimum atomic E-state index is 0.0858. The van der Waals surface area contributed by atoms with Crippen LogP contribution in [0.25, 0.3) is 0 Å². The minimum absolute atomic E-state index is 0.0858. The van der Waals surface area contributed by atoms with Gasteiger partial charge in [-0.3, -0.25) is 0 Å². The minimum Gasteiger partial charge on any atom is -0.398 e. The van der Waals surface area contributed by atoms with E-state index >= 15 is 0 Å². The maximum atomic E-state index is 6.23. The van der Waals surface area contributed by atoms with Crippen molar-refractivity contribution in [2.24, 2.45) is 5.41 Å². The first-order valence-electron chi connectivity index (χ1n) is 7.08. The molecule has 0 saturated heterocycles. The van der Waals surface area contributed by atoms with E-state index in [1.54, 1.807) is 0 Å². The number of rotatable bonds is 0. The fourth-order valence-corrected chi connectivity index (χ4v) is 4.02. The number of hydrogen-bond acceptors (Lipinski definition) is 2. The van der Waals surface area contributed by atoms with Gasteiger partial charge in [0.25, 0.3) is 0 Å². The van der Waals surface area contributed by atoms with Crippen molar-refractivity contribution in [1.82, 2.24) is 0 Å². The van der Waals surface area contributed by atoms with Crippen LogP contribution in [0.4, 0.5) is 11.4 Å². The third-order valence-corrected chi connectivity index (χ3v) is 6.47. The number of nitrogen functional groups attached to an aromatic ring is 2. The van der Waals surface area contributed by atoms with Gasteiger partial charge in [0, 0.05) is 11.4 Å². The largest absolute Gasteiger partial charge is 0.398 e. The van der Waals surface area contributed by atoms with Gasteiger partial charge >= 0.3 is 0 Å². The average molecular weight is 256 g/mol. The molecule has 0 aromatic heterocycles. The van der Waals surface area contributed by atoms with Gasteiger partial charge < -0.3 is 11.5 Å². The Balaban J connectivity index is 3.02. The predicted molar refractivity (Wildman–Crippen MR) is 91.5 cm³/mol. The SMILES string of the molecule is Bc1c(N)c(N)c(B)c2c1C(C)(C)C(C)(C)C2(C)C. The summed E-state index contributed by atoms with van der Waals surface area (Å²) in [6.07, 6.45) is 0. The first-order valence-corrected chi connectivity index (χ1v) is 7.08. The molecule has 0 fully saturated rings. The molecule has 2 nitrogen and oxygen atoms in total. The van der Waals surface area contributed by atoms with E-state index in [0.717, 1.165) is 11.4 Å². The van der Waals surface area contributed by atoms with Crippen molar-refractivity contribution >= 4 is 38.0 Å². The lowest BCUT2D eigenvalue weighted by Gasteiger charge is -2.45. The van der Waals surface area contributed by atoms with E-state index in [1.165, 1.54) is 22.1 Å². The maximum Gasteiger partial charge on any atom is 0.142 e. The van der Waals surface area contributed by atoms with Crippen LogP contribution in [0.15, 0.2) is 0 Å². The molecular weight excluding hydrogens is 230 g/mol. The average Bonchev–Trinajstić information content (AvgIpc) is 2.39. The monoisotopic (exact) mass is 256 g/mol. The van der Waals surface area contributed by atoms with Gasteiger partial charge in [-0.05, 0) is 27.4 Å². The Morgan fingerprint density at radius 1 is 0.684 bits per heavy atom. The molecule has 4 N–H and O–H groups in total. The zero-order chi connectivity index (χ0) is 15.0. The molecule has 0 amide bonds. The lowest BCUT2D eigenvalue weighted by molar-refractivity contribution is 0.125. The first kappa shape index (κ1) is 14.4. The van der Waals surface area contributed by atoms with Crippen LogP contribution in [0.5, 0.6) is 0 Å². The Labute approximate surface area is 119 Å². The lowest BCUT2D eigenvalue weighted by Crippen LogP contribution is -2.43. The van der Waals surface area contributed by atoms with Gasteiger partial charge in [0.2, 0.25) is 0 Å². The van der Waals surface area contributed by atoms with Crippen LogP contribution in [-0.4, -0.2) is 15.7 Å². The summed E-state index contributed by atoms with van der Waals surface area (Å²) in [5.74, 6) is 0. The number of hydrogen-bond donors (Lipinski definition) is 2. The summed E-state index contributed by atoms with van der Waals surface area (Å²) < 4.78 is 0. The van der Waals surface area contributed by atoms with Crippen molar-refractivity contribution in [3.63, 3.8) is 0 Å². The van der Waals surface area contributed by atoms with Gasteiger partial charge in [0.1, 0.15) is 15.7 Å². The first-order chi connectivity index (χ1) is 8.39. The van der Waals surface area contributed by atoms with Crippen LogP contribution in [0.2, 0.25) is 0 Å². The van der Waals surface area contributed by atoms with Crippen LogP contribution in [-0.2, 0) is 10.8 Å². The molecule has 1 aliphatic carbocycles. The summed E-state index contributed by atoms with van der Waals surface area (Å²) in [4.78, 5) is 0. The number of benzene rings is 1. The van der Waals surface area contributed by atoms with Crippen molar-refractivity contribution in [3.8, 4) is 0 Å². The van der Waals surface area contributed by atoms with E-state index in [9.17, 15) is 0 Å². The third kappa shape index (κ3) is 1.35. The summed E-state index contributed by atoms with van der Waals surface area (Å²) in [7, 11) is 4.23. The summed E-state index contributed by atoms with van der Waals surface area (Å²) in [6, 6.07) is 0. The Hall–Kier alpha value is -1.05. The molecule has 2 rings (SSSR count). The second-order valence-electron chi connectivity index (χ2n) is 7.70. The zero-order valence-corrected chi connectivity index (χ0v) is 13.7. The molecule has 1 aromatic carbocycles. The quantitative estimate of drug-likeness (QED) is 0.505. The van der Waals surface area contributed by atoms with E-state index in [1.807, 2.05) is 0 Å². The predicted octanol–water partition coefficient (Wildman–Crippen LogP) is -0.0372. The third-order valence-electron chi connectivity index (χ3n) is 6.47. The number of anilines is 2. The molecule has 1 aliphatic rings. The van der Waals surface area contributed by atoms with E-state index in [0.29, 0.717) is 0 Å². The van der Waals surface area contributed by atoms with Crippen LogP contribution in [0.1, 0.15) is 52.7 Å². The molecule has 0 saturated carbocycles. The van der Waals surface area contributed by atoms with Crippen LogP contribution >= 0.6 is 0 Å². The van der Waals surface area contributed by atoms with Crippen molar-refractivity contribution in [2.45, 2.75) is 52.4 Å². The lowest BCUT2D eigenvalue weighted by atomic mass is 9.58. The molecule has 0 radical (unpaired) electrons. The highest BCUT2D eigenvalue weighted by molar-refractivity contribution is 6.44. The maximum absolute atomic E-state index is 6.23. The highest BCUT2D eigenvalue weighted by atomic mass is 14.7. The Morgan fingerprint density at radius 2 is 0.947 bits per heavy atom. The highest BCUT2D eigenvalue weighted by Crippen LogP contribution is 2.60. The van der Waals surface area contributed by atoms with Crippen molar-refractivity contribution < 1.29 is 0 Å². The van der Waals surface area contributed by atoms with E-state index in [2.05, 4.69) is 57.2 Å². The number of fused-ring (bicyclic) bond motifs is 1. The molecule has 0 heterocycles. The second-order valence-corrected chi connectivity index (χ2v) is 7.70. The van der Waals surface area contributed by atoms with E-state index in [-0.39, 0.29) is 16.2 Å². The molecular formula is C15H26B2N2. The van der Waals surface area contributed by atoms with Crippen LogP contribution < -0.4 is 22.4 Å². The van der Waals surface area contributed by atoms with Gasteiger partial charge in [0.05, 0.1) is 0 Å². The fourth-order valence-electron chi connectivity index (χ4n) is 4.02. The van der Waals surface area contributed by atoms with Gasteiger partial charge in [-0.1, -0.05) is 52.5 Å². The summed E-state index contributed by atoms with van der Waals surface area (Å²) >= 11 is 0. The summed E-state index contributed by atoms with van der Waals surface area (Å²) in [6.45, 7) is 14.1. The smallest absolute Gasteiger partial charge is 0.142 e. The van der Waals surface area contributed by atoms with Crippen molar-refractivity contribution in [2.75, 3.05) is 11.5 Å². The van der Waals surface area contributed by atoms with Crippen molar-refractivity contribution in [3.05, 3.63) is 11.1 Å². The second kappa shape index (κ2) is 3.53. The molecule has 0 bridgehead atoms. The Kier molecular flexibility index (Phi) is 2.67. The molecule has 0 aliphatic heterocycles. The standard InChI is InChI=1S/C15H26B2N2/c1-13(2)7-8(14(3,4)15(13,5)6)10(17)12(19)11(18)9(7)16/h16-19H2,1-6H3. The molecule has 1 aromatic rings. The van der Waals surface area contributed by atoms with Crippen molar-refractivity contribution in [1.29, 1.82) is 0 Å². The molecule has 0 atom stereocenters. The van der Waals surface area contributed by atoms with Gasteiger partial charge in [-0.25, -0.2) is 0 Å². The Morgan fingerprint density at radius 3 is 1.21 bits per heavy atom. The summed E-state index contributed by atoms with van der Waals surface area (Å²) in [5.41, 5.74) is 19.5. The molecule has 19 heavy (non-hydrogen) atoms. The molecule has 4 heteroatoms. The van der Waals surface area contributed by atoms with E-state index in [4.69, 9.17) is 11.5 Å².